The second-order valence-corrected chi connectivity index (χ2v) is 2.63. The van der Waals surface area contributed by atoms with Crippen LogP contribution in [0.15, 0.2) is 4.99 Å². The van der Waals surface area contributed by atoms with Gasteiger partial charge in [-0.3, -0.25) is 4.99 Å². The summed E-state index contributed by atoms with van der Waals surface area (Å²) >= 11 is 5.59. The molecule has 1 unspecified atom stereocenters. The fourth-order valence-electron chi connectivity index (χ4n) is 0.789. The van der Waals surface area contributed by atoms with Crippen molar-refractivity contribution in [3.05, 3.63) is 0 Å². The van der Waals surface area contributed by atoms with Gasteiger partial charge in [-0.15, -0.1) is 0 Å². The molecule has 1 rings (SSSR count). The summed E-state index contributed by atoms with van der Waals surface area (Å²) in [7, 11) is 0. The first-order chi connectivity index (χ1) is 4.22. The van der Waals surface area contributed by atoms with E-state index in [1.165, 1.54) is 0 Å². The van der Waals surface area contributed by atoms with Crippen LogP contribution in [0.2, 0.25) is 0 Å². The average Bonchev–Trinajstić information content (AvgIpc) is 1.83. The molecule has 0 saturated carbocycles. The molecule has 0 fully saturated rings. The number of aliphatic imine (C=N–C) groups is 1. The molecular weight excluding hydrogens is 136 g/mol. The minimum absolute atomic E-state index is 0.301. The van der Waals surface area contributed by atoms with Crippen LogP contribution in [0.5, 0.6) is 0 Å². The lowest BCUT2D eigenvalue weighted by molar-refractivity contribution is 0.685. The minimum atomic E-state index is 0.301. The zero-order valence-corrected chi connectivity index (χ0v) is 6.07. The maximum absolute atomic E-state index is 7.34. The van der Waals surface area contributed by atoms with Crippen LogP contribution >= 0.6 is 11.6 Å². The number of halogens is 1. The zero-order chi connectivity index (χ0) is 6.85. The van der Waals surface area contributed by atoms with Crippen LogP contribution in [0.1, 0.15) is 13.3 Å². The summed E-state index contributed by atoms with van der Waals surface area (Å²) in [6.45, 7) is 2.78. The van der Waals surface area contributed by atoms with Crippen molar-refractivity contribution in [2.45, 2.75) is 13.3 Å². The molecule has 1 heterocycles. The number of hydrogen-bond donors (Lipinski definition) is 1. The molecule has 9 heavy (non-hydrogen) atoms. The van der Waals surface area contributed by atoms with Crippen molar-refractivity contribution in [1.29, 1.82) is 5.41 Å². The van der Waals surface area contributed by atoms with Gasteiger partial charge in [0.25, 0.3) is 0 Å². The molecule has 0 aromatic heterocycles. The molecular formula is C6H9ClN2. The Hall–Kier alpha value is -0.370. The Balaban J connectivity index is 2.74. The second-order valence-electron chi connectivity index (χ2n) is 2.28. The predicted molar refractivity (Wildman–Crippen MR) is 39.7 cm³/mol. The van der Waals surface area contributed by atoms with Crippen LogP contribution in [0.3, 0.4) is 0 Å². The molecule has 1 N–H and O–H groups in total. The number of hydrogen-bond acceptors (Lipinski definition) is 2. The molecule has 0 spiro atoms. The number of nitrogens with zero attached hydrogens (tertiary/aromatic N) is 1. The Kier molecular flexibility index (Phi) is 1.86. The normalized spacial score (nSPS) is 28.0. The lowest BCUT2D eigenvalue weighted by atomic mass is 10.0. The average molecular weight is 145 g/mol. The highest BCUT2D eigenvalue weighted by Gasteiger charge is 2.16. The Labute approximate surface area is 59.4 Å². The molecule has 1 aliphatic heterocycles. The van der Waals surface area contributed by atoms with Gasteiger partial charge >= 0.3 is 0 Å². The van der Waals surface area contributed by atoms with Crippen molar-refractivity contribution < 1.29 is 0 Å². The third-order valence-electron chi connectivity index (χ3n) is 1.53. The largest absolute Gasteiger partial charge is 0.302 e. The van der Waals surface area contributed by atoms with Crippen LogP contribution in [0.25, 0.3) is 0 Å². The summed E-state index contributed by atoms with van der Waals surface area (Å²) in [6.07, 6.45) is 0.967. The highest BCUT2D eigenvalue weighted by atomic mass is 35.5. The van der Waals surface area contributed by atoms with E-state index in [1.54, 1.807) is 0 Å². The Bertz CT molecular complexity index is 162. The van der Waals surface area contributed by atoms with E-state index in [0.717, 1.165) is 13.0 Å². The molecule has 1 aliphatic rings. The van der Waals surface area contributed by atoms with Crippen molar-refractivity contribution in [2.24, 2.45) is 10.9 Å². The smallest absolute Gasteiger partial charge is 0.144 e. The van der Waals surface area contributed by atoms with Crippen LogP contribution < -0.4 is 0 Å². The Morgan fingerprint density at radius 1 is 1.78 bits per heavy atom. The third kappa shape index (κ3) is 1.30. The molecule has 1 atom stereocenters. The van der Waals surface area contributed by atoms with Gasteiger partial charge in [0, 0.05) is 12.5 Å². The van der Waals surface area contributed by atoms with Crippen molar-refractivity contribution in [1.82, 2.24) is 0 Å². The van der Waals surface area contributed by atoms with Gasteiger partial charge in [-0.05, 0) is 6.42 Å². The molecule has 0 aromatic carbocycles. The molecule has 0 saturated heterocycles. The van der Waals surface area contributed by atoms with Gasteiger partial charge in [0.05, 0.1) is 5.71 Å². The standard InChI is InChI=1S/C6H9ClN2/c1-4-2-3-9-6(7)5(4)8/h4,8H,2-3H2,1H3. The first kappa shape index (κ1) is 6.75. The molecule has 50 valence electrons. The summed E-state index contributed by atoms with van der Waals surface area (Å²) in [5.74, 6) is 0.301. The molecule has 0 aromatic rings. The minimum Gasteiger partial charge on any atom is -0.302 e. The first-order valence-corrected chi connectivity index (χ1v) is 3.38. The zero-order valence-electron chi connectivity index (χ0n) is 5.32. The van der Waals surface area contributed by atoms with Crippen LogP contribution in [-0.2, 0) is 0 Å². The Morgan fingerprint density at radius 3 is 2.89 bits per heavy atom. The SMILES string of the molecule is CC1CCN=C(Cl)C1=N. The van der Waals surface area contributed by atoms with Gasteiger partial charge in [0.1, 0.15) is 5.17 Å². The molecule has 0 aliphatic carbocycles. The summed E-state index contributed by atoms with van der Waals surface area (Å²) in [5.41, 5.74) is 0.489. The summed E-state index contributed by atoms with van der Waals surface area (Å²) in [4.78, 5) is 3.92. The lowest BCUT2D eigenvalue weighted by Crippen LogP contribution is -2.22. The van der Waals surface area contributed by atoms with Crippen molar-refractivity contribution in [3.8, 4) is 0 Å². The van der Waals surface area contributed by atoms with E-state index in [4.69, 9.17) is 17.0 Å². The summed E-state index contributed by atoms with van der Waals surface area (Å²) in [6, 6.07) is 0. The first-order valence-electron chi connectivity index (χ1n) is 3.00. The molecule has 0 bridgehead atoms. The predicted octanol–water partition coefficient (Wildman–Crippen LogP) is 1.68. The fourth-order valence-corrected chi connectivity index (χ4v) is 1.06. The van der Waals surface area contributed by atoms with Gasteiger partial charge in [0.15, 0.2) is 0 Å². The van der Waals surface area contributed by atoms with Crippen LogP contribution in [0.4, 0.5) is 0 Å². The van der Waals surface area contributed by atoms with Crippen molar-refractivity contribution in [3.63, 3.8) is 0 Å². The number of rotatable bonds is 0. The van der Waals surface area contributed by atoms with E-state index < -0.39 is 0 Å². The monoisotopic (exact) mass is 144 g/mol. The van der Waals surface area contributed by atoms with Gasteiger partial charge in [-0.25, -0.2) is 0 Å². The number of nitrogens with one attached hydrogen (secondary N) is 1. The fraction of sp³-hybridized carbons (Fsp3) is 0.667. The van der Waals surface area contributed by atoms with Crippen molar-refractivity contribution in [2.75, 3.05) is 6.54 Å². The quantitative estimate of drug-likeness (QED) is 0.537. The van der Waals surface area contributed by atoms with Crippen LogP contribution in [0, 0.1) is 11.3 Å². The molecule has 3 heteroatoms. The third-order valence-corrected chi connectivity index (χ3v) is 1.85. The van der Waals surface area contributed by atoms with E-state index in [2.05, 4.69) is 4.99 Å². The maximum Gasteiger partial charge on any atom is 0.144 e. The molecule has 2 nitrogen and oxygen atoms in total. The summed E-state index contributed by atoms with van der Waals surface area (Å²) < 4.78 is 0. The second kappa shape index (κ2) is 2.48. The maximum atomic E-state index is 7.34. The van der Waals surface area contributed by atoms with Crippen LogP contribution in [-0.4, -0.2) is 17.4 Å². The van der Waals surface area contributed by atoms with Gasteiger partial charge in [0.2, 0.25) is 0 Å². The van der Waals surface area contributed by atoms with E-state index in [9.17, 15) is 0 Å². The highest BCUT2D eigenvalue weighted by molar-refractivity contribution is 6.83. The van der Waals surface area contributed by atoms with E-state index in [-0.39, 0.29) is 0 Å². The van der Waals surface area contributed by atoms with Gasteiger partial charge in [-0.1, -0.05) is 18.5 Å². The topological polar surface area (TPSA) is 36.2 Å². The Morgan fingerprint density at radius 2 is 2.44 bits per heavy atom. The molecule has 0 radical (unpaired) electrons. The van der Waals surface area contributed by atoms with Crippen molar-refractivity contribution >= 4 is 22.5 Å². The lowest BCUT2D eigenvalue weighted by Gasteiger charge is -2.14. The van der Waals surface area contributed by atoms with Gasteiger partial charge in [-0.2, -0.15) is 0 Å². The van der Waals surface area contributed by atoms with Gasteiger partial charge < -0.3 is 5.41 Å². The van der Waals surface area contributed by atoms with E-state index in [0.29, 0.717) is 16.8 Å². The molecule has 0 amide bonds. The van der Waals surface area contributed by atoms with E-state index in [1.807, 2.05) is 6.92 Å². The van der Waals surface area contributed by atoms with E-state index >= 15 is 0 Å². The highest BCUT2D eigenvalue weighted by Crippen LogP contribution is 2.12. The summed E-state index contributed by atoms with van der Waals surface area (Å²) in [5, 5.41) is 7.73.